The highest BCUT2D eigenvalue weighted by Crippen LogP contribution is 2.23. The van der Waals surface area contributed by atoms with Gasteiger partial charge in [0, 0.05) is 35.0 Å². The van der Waals surface area contributed by atoms with E-state index >= 15 is 0 Å². The van der Waals surface area contributed by atoms with Crippen LogP contribution in [0.1, 0.15) is 34.9 Å². The average molecular weight is 307 g/mol. The van der Waals surface area contributed by atoms with E-state index in [1.165, 1.54) is 15.3 Å². The summed E-state index contributed by atoms with van der Waals surface area (Å²) in [5, 5.41) is 7.78. The minimum atomic E-state index is 0.603. The highest BCUT2D eigenvalue weighted by atomic mass is 32.1. The first-order valence-electron chi connectivity index (χ1n) is 7.38. The maximum Gasteiger partial charge on any atom is 0.212 e. The van der Waals surface area contributed by atoms with Crippen LogP contribution in [0.15, 0.2) is 12.1 Å². The molecule has 2 heterocycles. The zero-order chi connectivity index (χ0) is 15.4. The van der Waals surface area contributed by atoms with Crippen LogP contribution in [0.5, 0.6) is 5.88 Å². The Balaban J connectivity index is 1.91. The van der Waals surface area contributed by atoms with E-state index < -0.39 is 0 Å². The molecule has 2 aromatic rings. The van der Waals surface area contributed by atoms with Crippen LogP contribution in [0.2, 0.25) is 0 Å². The van der Waals surface area contributed by atoms with Gasteiger partial charge in [-0.15, -0.1) is 11.3 Å². The lowest BCUT2D eigenvalue weighted by Gasteiger charge is -2.05. The Kier molecular flexibility index (Phi) is 5.42. The molecule has 116 valence electrons. The van der Waals surface area contributed by atoms with Crippen LogP contribution >= 0.6 is 11.3 Å². The fourth-order valence-electron chi connectivity index (χ4n) is 2.18. The summed E-state index contributed by atoms with van der Waals surface area (Å²) in [6.45, 7) is 11.2. The van der Waals surface area contributed by atoms with E-state index in [1.54, 1.807) is 4.68 Å². The monoisotopic (exact) mass is 307 g/mol. The predicted molar refractivity (Wildman–Crippen MR) is 87.9 cm³/mol. The molecule has 0 radical (unpaired) electrons. The van der Waals surface area contributed by atoms with Crippen molar-refractivity contribution in [3.05, 3.63) is 33.1 Å². The van der Waals surface area contributed by atoms with E-state index in [-0.39, 0.29) is 0 Å². The fraction of sp³-hybridized carbons (Fsp3) is 0.562. The molecule has 0 unspecified atom stereocenters. The predicted octanol–water partition coefficient (Wildman–Crippen LogP) is 3.42. The van der Waals surface area contributed by atoms with Crippen LogP contribution in [0.25, 0.3) is 0 Å². The van der Waals surface area contributed by atoms with Crippen molar-refractivity contribution >= 4 is 11.3 Å². The Hall–Kier alpha value is -1.33. The molecule has 0 saturated heterocycles. The maximum absolute atomic E-state index is 5.87. The summed E-state index contributed by atoms with van der Waals surface area (Å²) >= 11 is 1.85. The van der Waals surface area contributed by atoms with Gasteiger partial charge in [-0.05, 0) is 32.4 Å². The van der Waals surface area contributed by atoms with E-state index in [0.29, 0.717) is 12.5 Å². The molecule has 0 amide bonds. The Bertz CT molecular complexity index is 586. The number of hydrogen-bond acceptors (Lipinski definition) is 4. The van der Waals surface area contributed by atoms with Crippen molar-refractivity contribution in [1.29, 1.82) is 0 Å². The molecule has 0 aliphatic heterocycles. The number of ether oxygens (including phenoxy) is 1. The second-order valence-electron chi connectivity index (χ2n) is 5.86. The van der Waals surface area contributed by atoms with Gasteiger partial charge < -0.3 is 10.1 Å². The summed E-state index contributed by atoms with van der Waals surface area (Å²) in [6, 6.07) is 4.21. The number of nitrogens with zero attached hydrogens (tertiary/aromatic N) is 2. The van der Waals surface area contributed by atoms with Gasteiger partial charge in [0.15, 0.2) is 0 Å². The van der Waals surface area contributed by atoms with Crippen LogP contribution in [0.3, 0.4) is 0 Å². The molecule has 1 N–H and O–H groups in total. The van der Waals surface area contributed by atoms with Crippen molar-refractivity contribution in [2.45, 2.75) is 40.8 Å². The highest BCUT2D eigenvalue weighted by molar-refractivity contribution is 7.12. The SMILES string of the molecule is Cc1cc(OCc2cc(CNCC(C)C)sc2C)n(C)n1. The van der Waals surface area contributed by atoms with Crippen molar-refractivity contribution in [2.75, 3.05) is 6.54 Å². The summed E-state index contributed by atoms with van der Waals surface area (Å²) in [6.07, 6.45) is 0. The number of aromatic nitrogens is 2. The molecule has 0 aromatic carbocycles. The number of hydrogen-bond donors (Lipinski definition) is 1. The minimum Gasteiger partial charge on any atom is -0.473 e. The molecular weight excluding hydrogens is 282 g/mol. The third-order valence-corrected chi connectivity index (χ3v) is 4.35. The van der Waals surface area contributed by atoms with E-state index in [9.17, 15) is 0 Å². The van der Waals surface area contributed by atoms with Crippen LogP contribution in [-0.4, -0.2) is 16.3 Å². The van der Waals surface area contributed by atoms with Crippen molar-refractivity contribution in [3.8, 4) is 5.88 Å². The summed E-state index contributed by atoms with van der Waals surface area (Å²) in [5.74, 6) is 1.50. The zero-order valence-corrected chi connectivity index (χ0v) is 14.4. The van der Waals surface area contributed by atoms with Crippen LogP contribution in [0.4, 0.5) is 0 Å². The molecule has 0 spiro atoms. The molecule has 0 aliphatic rings. The van der Waals surface area contributed by atoms with Gasteiger partial charge in [-0.2, -0.15) is 5.10 Å². The van der Waals surface area contributed by atoms with Crippen molar-refractivity contribution in [2.24, 2.45) is 13.0 Å². The largest absolute Gasteiger partial charge is 0.473 e. The van der Waals surface area contributed by atoms with Gasteiger partial charge in [0.05, 0.1) is 5.69 Å². The zero-order valence-electron chi connectivity index (χ0n) is 13.6. The first kappa shape index (κ1) is 16.0. The molecule has 0 bridgehead atoms. The van der Waals surface area contributed by atoms with E-state index in [2.05, 4.69) is 37.3 Å². The molecule has 2 rings (SSSR count). The highest BCUT2D eigenvalue weighted by Gasteiger charge is 2.08. The Labute approximate surface area is 131 Å². The first-order valence-corrected chi connectivity index (χ1v) is 8.19. The molecule has 4 nitrogen and oxygen atoms in total. The van der Waals surface area contributed by atoms with Gasteiger partial charge >= 0.3 is 0 Å². The molecule has 21 heavy (non-hydrogen) atoms. The van der Waals surface area contributed by atoms with E-state index in [4.69, 9.17) is 4.74 Å². The quantitative estimate of drug-likeness (QED) is 0.852. The third kappa shape index (κ3) is 4.58. The number of aryl methyl sites for hydroxylation is 3. The lowest BCUT2D eigenvalue weighted by molar-refractivity contribution is 0.278. The average Bonchev–Trinajstić information content (AvgIpc) is 2.89. The van der Waals surface area contributed by atoms with Gasteiger partial charge in [-0.1, -0.05) is 13.8 Å². The molecule has 5 heteroatoms. The van der Waals surface area contributed by atoms with Crippen molar-refractivity contribution < 1.29 is 4.74 Å². The third-order valence-electron chi connectivity index (χ3n) is 3.26. The topological polar surface area (TPSA) is 39.1 Å². The summed E-state index contributed by atoms with van der Waals surface area (Å²) in [7, 11) is 1.91. The summed E-state index contributed by atoms with van der Waals surface area (Å²) in [4.78, 5) is 2.70. The minimum absolute atomic E-state index is 0.603. The Morgan fingerprint density at radius 1 is 1.33 bits per heavy atom. The number of thiophene rings is 1. The fourth-order valence-corrected chi connectivity index (χ4v) is 3.19. The lowest BCUT2D eigenvalue weighted by atomic mass is 10.2. The second kappa shape index (κ2) is 7.09. The first-order chi connectivity index (χ1) is 9.95. The Morgan fingerprint density at radius 2 is 2.10 bits per heavy atom. The Morgan fingerprint density at radius 3 is 2.71 bits per heavy atom. The van der Waals surface area contributed by atoms with Crippen molar-refractivity contribution in [1.82, 2.24) is 15.1 Å². The van der Waals surface area contributed by atoms with Gasteiger partial charge in [0.1, 0.15) is 6.61 Å². The van der Waals surface area contributed by atoms with Gasteiger partial charge in [-0.3, -0.25) is 0 Å². The number of nitrogens with one attached hydrogen (secondary N) is 1. The van der Waals surface area contributed by atoms with Crippen molar-refractivity contribution in [3.63, 3.8) is 0 Å². The standard InChI is InChI=1S/C16H25N3OS/c1-11(2)8-17-9-15-7-14(13(4)21-15)10-20-16-6-12(3)18-19(16)5/h6-7,11,17H,8-10H2,1-5H3. The summed E-state index contributed by atoms with van der Waals surface area (Å²) in [5.41, 5.74) is 2.24. The van der Waals surface area contributed by atoms with Gasteiger partial charge in [-0.25, -0.2) is 4.68 Å². The molecule has 2 aromatic heterocycles. The van der Waals surface area contributed by atoms with E-state index in [1.807, 2.05) is 31.4 Å². The normalized spacial score (nSPS) is 11.3. The lowest BCUT2D eigenvalue weighted by Crippen LogP contribution is -2.18. The van der Waals surface area contributed by atoms with Gasteiger partial charge in [0.25, 0.3) is 0 Å². The molecular formula is C16H25N3OS. The van der Waals surface area contributed by atoms with Gasteiger partial charge in [0.2, 0.25) is 5.88 Å². The van der Waals surface area contributed by atoms with Crippen LogP contribution in [0, 0.1) is 19.8 Å². The summed E-state index contributed by atoms with van der Waals surface area (Å²) < 4.78 is 7.65. The molecule has 0 fully saturated rings. The van der Waals surface area contributed by atoms with Crippen LogP contribution < -0.4 is 10.1 Å². The molecule has 0 atom stereocenters. The number of rotatable bonds is 7. The maximum atomic E-state index is 5.87. The smallest absolute Gasteiger partial charge is 0.212 e. The van der Waals surface area contributed by atoms with Crippen LogP contribution in [-0.2, 0) is 20.2 Å². The second-order valence-corrected chi connectivity index (χ2v) is 7.20. The molecule has 0 saturated carbocycles. The molecule has 0 aliphatic carbocycles. The van der Waals surface area contributed by atoms with E-state index in [0.717, 1.165) is 24.7 Å².